The first-order valence-corrected chi connectivity index (χ1v) is 11.3. The standard InChI is InChI=1S/C23H22ClN5O2S/c1-14-10-15(2)29-22(26-14)27-23(28-29)32-13-16-6-4-5-7-19(16)21(30)25-12-17-11-18(24)8-9-20(17)31-3/h4-11H,12-13H2,1-3H3,(H,25,30). The van der Waals surface area contributed by atoms with Gasteiger partial charge in [-0.05, 0) is 49.7 Å². The van der Waals surface area contributed by atoms with E-state index in [1.54, 1.807) is 29.8 Å². The highest BCUT2D eigenvalue weighted by atomic mass is 35.5. The number of methoxy groups -OCH3 is 1. The highest BCUT2D eigenvalue weighted by Gasteiger charge is 2.14. The van der Waals surface area contributed by atoms with E-state index in [0.29, 0.717) is 39.6 Å². The third-order valence-electron chi connectivity index (χ3n) is 4.90. The number of aromatic nitrogens is 4. The Morgan fingerprint density at radius 2 is 1.94 bits per heavy atom. The fourth-order valence-corrected chi connectivity index (χ4v) is 4.39. The number of thioether (sulfide) groups is 1. The first kappa shape index (κ1) is 22.1. The molecule has 0 saturated carbocycles. The summed E-state index contributed by atoms with van der Waals surface area (Å²) >= 11 is 7.56. The molecule has 0 bridgehead atoms. The second kappa shape index (κ2) is 9.58. The fourth-order valence-electron chi connectivity index (χ4n) is 3.38. The number of aryl methyl sites for hydroxylation is 2. The van der Waals surface area contributed by atoms with Crippen molar-refractivity contribution in [2.75, 3.05) is 7.11 Å². The summed E-state index contributed by atoms with van der Waals surface area (Å²) in [4.78, 5) is 21.8. The Balaban J connectivity index is 1.47. The first-order chi connectivity index (χ1) is 15.4. The van der Waals surface area contributed by atoms with Gasteiger partial charge in [-0.3, -0.25) is 4.79 Å². The topological polar surface area (TPSA) is 81.4 Å². The van der Waals surface area contributed by atoms with E-state index in [4.69, 9.17) is 16.3 Å². The molecule has 0 fully saturated rings. The van der Waals surface area contributed by atoms with E-state index in [1.807, 2.05) is 44.2 Å². The van der Waals surface area contributed by atoms with Crippen LogP contribution in [0.25, 0.3) is 5.78 Å². The molecule has 0 aliphatic rings. The van der Waals surface area contributed by atoms with E-state index < -0.39 is 0 Å². The van der Waals surface area contributed by atoms with Crippen LogP contribution in [0.2, 0.25) is 5.02 Å². The Morgan fingerprint density at radius 1 is 1.12 bits per heavy atom. The minimum absolute atomic E-state index is 0.167. The number of fused-ring (bicyclic) bond motifs is 1. The van der Waals surface area contributed by atoms with Crippen molar-refractivity contribution in [2.45, 2.75) is 31.3 Å². The van der Waals surface area contributed by atoms with Gasteiger partial charge in [-0.25, -0.2) is 9.50 Å². The van der Waals surface area contributed by atoms with Crippen LogP contribution in [0.15, 0.2) is 53.7 Å². The molecule has 1 amide bonds. The summed E-state index contributed by atoms with van der Waals surface area (Å²) in [7, 11) is 1.59. The van der Waals surface area contributed by atoms with Crippen molar-refractivity contribution < 1.29 is 9.53 Å². The average molecular weight is 468 g/mol. The predicted molar refractivity (Wildman–Crippen MR) is 125 cm³/mol. The third kappa shape index (κ3) is 4.87. The van der Waals surface area contributed by atoms with Crippen molar-refractivity contribution >= 4 is 35.0 Å². The molecule has 7 nitrogen and oxygen atoms in total. The minimum Gasteiger partial charge on any atom is -0.496 e. The number of carbonyl (C=O) groups is 1. The summed E-state index contributed by atoms with van der Waals surface area (Å²) in [6, 6.07) is 14.8. The largest absolute Gasteiger partial charge is 0.496 e. The molecule has 0 atom stereocenters. The van der Waals surface area contributed by atoms with Gasteiger partial charge in [0.05, 0.1) is 7.11 Å². The van der Waals surface area contributed by atoms with Gasteiger partial charge in [0.25, 0.3) is 11.7 Å². The lowest BCUT2D eigenvalue weighted by atomic mass is 10.1. The Hall–Kier alpha value is -3.10. The second-order valence-corrected chi connectivity index (χ2v) is 8.61. The molecule has 0 aliphatic heterocycles. The zero-order valence-electron chi connectivity index (χ0n) is 17.9. The van der Waals surface area contributed by atoms with Gasteiger partial charge in [-0.2, -0.15) is 4.98 Å². The molecule has 0 aliphatic carbocycles. The molecule has 0 saturated heterocycles. The Morgan fingerprint density at radius 3 is 2.75 bits per heavy atom. The van der Waals surface area contributed by atoms with Crippen LogP contribution in [-0.2, 0) is 12.3 Å². The van der Waals surface area contributed by atoms with Crippen LogP contribution in [0.3, 0.4) is 0 Å². The van der Waals surface area contributed by atoms with Crippen molar-refractivity contribution in [3.05, 3.63) is 81.6 Å². The smallest absolute Gasteiger partial charge is 0.253 e. The number of nitrogens with one attached hydrogen (secondary N) is 1. The van der Waals surface area contributed by atoms with Crippen molar-refractivity contribution in [1.29, 1.82) is 0 Å². The highest BCUT2D eigenvalue weighted by Crippen LogP contribution is 2.24. The zero-order chi connectivity index (χ0) is 22.7. The first-order valence-electron chi connectivity index (χ1n) is 9.97. The molecule has 1 N–H and O–H groups in total. The van der Waals surface area contributed by atoms with E-state index in [0.717, 1.165) is 22.5 Å². The van der Waals surface area contributed by atoms with Gasteiger partial charge in [0.1, 0.15) is 5.75 Å². The van der Waals surface area contributed by atoms with Crippen LogP contribution in [0.4, 0.5) is 0 Å². The molecule has 2 aromatic heterocycles. The Bertz CT molecular complexity index is 1290. The van der Waals surface area contributed by atoms with Crippen molar-refractivity contribution in [2.24, 2.45) is 0 Å². The monoisotopic (exact) mass is 467 g/mol. The fraction of sp³-hybridized carbons (Fsp3) is 0.217. The van der Waals surface area contributed by atoms with Gasteiger partial charge < -0.3 is 10.1 Å². The molecule has 164 valence electrons. The third-order valence-corrected chi connectivity index (χ3v) is 6.02. The quantitative estimate of drug-likeness (QED) is 0.399. The number of ether oxygens (including phenoxy) is 1. The van der Waals surface area contributed by atoms with E-state index >= 15 is 0 Å². The molecular weight excluding hydrogens is 446 g/mol. The van der Waals surface area contributed by atoms with Gasteiger partial charge in [-0.1, -0.05) is 41.6 Å². The van der Waals surface area contributed by atoms with Gasteiger partial charge >= 0.3 is 0 Å². The number of hydrogen-bond donors (Lipinski definition) is 1. The van der Waals surface area contributed by atoms with Gasteiger partial charge in [-0.15, -0.1) is 5.10 Å². The van der Waals surface area contributed by atoms with Crippen molar-refractivity contribution in [1.82, 2.24) is 24.9 Å². The van der Waals surface area contributed by atoms with Crippen LogP contribution < -0.4 is 10.1 Å². The number of rotatable bonds is 7. The van der Waals surface area contributed by atoms with E-state index in [9.17, 15) is 4.79 Å². The lowest BCUT2D eigenvalue weighted by Gasteiger charge is -2.12. The van der Waals surface area contributed by atoms with Crippen LogP contribution in [0.1, 0.15) is 32.9 Å². The minimum atomic E-state index is -0.167. The molecule has 4 aromatic rings. The normalized spacial score (nSPS) is 11.0. The molecule has 0 spiro atoms. The maximum absolute atomic E-state index is 12.9. The van der Waals surface area contributed by atoms with Gasteiger partial charge in [0.15, 0.2) is 0 Å². The molecule has 4 rings (SSSR count). The van der Waals surface area contributed by atoms with Crippen LogP contribution in [0, 0.1) is 13.8 Å². The van der Waals surface area contributed by atoms with Crippen molar-refractivity contribution in [3.8, 4) is 5.75 Å². The molecule has 2 aromatic carbocycles. The highest BCUT2D eigenvalue weighted by molar-refractivity contribution is 7.98. The number of benzene rings is 2. The molecule has 32 heavy (non-hydrogen) atoms. The van der Waals surface area contributed by atoms with E-state index in [-0.39, 0.29) is 5.91 Å². The van der Waals surface area contributed by atoms with E-state index in [1.165, 1.54) is 11.8 Å². The number of carbonyl (C=O) groups excluding carboxylic acids is 1. The molecule has 2 heterocycles. The Kier molecular flexibility index (Phi) is 6.62. The number of hydrogen-bond acceptors (Lipinski definition) is 6. The van der Waals surface area contributed by atoms with Crippen LogP contribution in [-0.4, -0.2) is 32.6 Å². The van der Waals surface area contributed by atoms with Gasteiger partial charge in [0.2, 0.25) is 5.16 Å². The average Bonchev–Trinajstić information content (AvgIpc) is 3.19. The summed E-state index contributed by atoms with van der Waals surface area (Å²) in [5.74, 6) is 1.64. The van der Waals surface area contributed by atoms with Crippen molar-refractivity contribution in [3.63, 3.8) is 0 Å². The molecular formula is C23H22ClN5O2S. The predicted octanol–water partition coefficient (Wildman–Crippen LogP) is 4.63. The maximum atomic E-state index is 12.9. The molecule has 0 unspecified atom stereocenters. The number of nitrogens with zero attached hydrogens (tertiary/aromatic N) is 4. The summed E-state index contributed by atoms with van der Waals surface area (Å²) < 4.78 is 7.08. The molecule has 0 radical (unpaired) electrons. The number of halogens is 1. The summed E-state index contributed by atoms with van der Waals surface area (Å²) in [5.41, 5.74) is 4.19. The summed E-state index contributed by atoms with van der Waals surface area (Å²) in [6.45, 7) is 4.21. The SMILES string of the molecule is COc1ccc(Cl)cc1CNC(=O)c1ccccc1CSc1nc2nc(C)cc(C)n2n1. The lowest BCUT2D eigenvalue weighted by molar-refractivity contribution is 0.0950. The second-order valence-electron chi connectivity index (χ2n) is 7.23. The van der Waals surface area contributed by atoms with E-state index in [2.05, 4.69) is 20.4 Å². The zero-order valence-corrected chi connectivity index (χ0v) is 19.5. The Labute approximate surface area is 195 Å². The molecule has 9 heteroatoms. The summed E-state index contributed by atoms with van der Waals surface area (Å²) in [6.07, 6.45) is 0. The van der Waals surface area contributed by atoms with Gasteiger partial charge in [0, 0.05) is 39.8 Å². The summed E-state index contributed by atoms with van der Waals surface area (Å²) in [5, 5.41) is 8.69. The number of amides is 1. The van der Waals surface area contributed by atoms with Crippen LogP contribution >= 0.6 is 23.4 Å². The lowest BCUT2D eigenvalue weighted by Crippen LogP contribution is -2.24. The van der Waals surface area contributed by atoms with Crippen LogP contribution in [0.5, 0.6) is 5.75 Å². The maximum Gasteiger partial charge on any atom is 0.253 e.